The van der Waals surface area contributed by atoms with Crippen LogP contribution in [-0.2, 0) is 6.18 Å². The highest BCUT2D eigenvalue weighted by Crippen LogP contribution is 2.32. The maximum absolute atomic E-state index is 13.3. The number of halogens is 3. The lowest BCUT2D eigenvalue weighted by molar-refractivity contribution is -0.138. The molecule has 0 atom stereocenters. The Hall–Kier alpha value is -4.15. The van der Waals surface area contributed by atoms with Gasteiger partial charge in [-0.25, -0.2) is 0 Å². The summed E-state index contributed by atoms with van der Waals surface area (Å²) < 4.78 is 44.9. The third-order valence-electron chi connectivity index (χ3n) is 5.58. The largest absolute Gasteiger partial charge is 0.497 e. The number of alkyl halides is 3. The third-order valence-corrected chi connectivity index (χ3v) is 5.58. The van der Waals surface area contributed by atoms with Crippen LogP contribution in [0.3, 0.4) is 0 Å². The van der Waals surface area contributed by atoms with Gasteiger partial charge in [0.1, 0.15) is 5.75 Å². The number of nitrogens with one attached hydrogen (secondary N) is 1. The Morgan fingerprint density at radius 1 is 0.914 bits per heavy atom. The molecule has 35 heavy (non-hydrogen) atoms. The molecule has 0 aliphatic carbocycles. The van der Waals surface area contributed by atoms with E-state index in [0.29, 0.717) is 30.3 Å². The van der Waals surface area contributed by atoms with Crippen molar-refractivity contribution in [3.63, 3.8) is 0 Å². The van der Waals surface area contributed by atoms with Gasteiger partial charge in [-0.15, -0.1) is 10.2 Å². The molecular formula is C24H22F3N5O3. The molecule has 0 unspecified atom stereocenters. The first-order chi connectivity index (χ1) is 16.8. The molecule has 0 bridgehead atoms. The molecule has 4 rings (SSSR count). The van der Waals surface area contributed by atoms with Crippen molar-refractivity contribution in [2.45, 2.75) is 6.18 Å². The molecule has 1 aromatic heterocycles. The van der Waals surface area contributed by atoms with Crippen molar-refractivity contribution in [3.05, 3.63) is 77.5 Å². The summed E-state index contributed by atoms with van der Waals surface area (Å²) in [6.07, 6.45) is -4.61. The zero-order valence-corrected chi connectivity index (χ0v) is 18.7. The van der Waals surface area contributed by atoms with E-state index in [-0.39, 0.29) is 24.3 Å². The van der Waals surface area contributed by atoms with E-state index in [9.17, 15) is 22.8 Å². The van der Waals surface area contributed by atoms with Crippen molar-refractivity contribution in [1.82, 2.24) is 15.1 Å². The van der Waals surface area contributed by atoms with E-state index in [1.807, 2.05) is 4.90 Å². The highest BCUT2D eigenvalue weighted by atomic mass is 19.4. The Morgan fingerprint density at radius 2 is 1.60 bits per heavy atom. The summed E-state index contributed by atoms with van der Waals surface area (Å²) in [5, 5.41) is 10.8. The summed E-state index contributed by atoms with van der Waals surface area (Å²) in [5.41, 5.74) is -0.598. The molecule has 0 radical (unpaired) electrons. The number of aromatic nitrogens is 2. The number of benzene rings is 2. The van der Waals surface area contributed by atoms with Crippen molar-refractivity contribution >= 4 is 23.3 Å². The zero-order valence-electron chi connectivity index (χ0n) is 18.7. The number of ether oxygens (including phenoxy) is 1. The van der Waals surface area contributed by atoms with Gasteiger partial charge in [0, 0.05) is 31.9 Å². The molecular weight excluding hydrogens is 463 g/mol. The summed E-state index contributed by atoms with van der Waals surface area (Å²) in [7, 11) is 1.55. The van der Waals surface area contributed by atoms with Crippen LogP contribution in [0.1, 0.15) is 26.4 Å². The summed E-state index contributed by atoms with van der Waals surface area (Å²) in [6.45, 7) is 1.19. The number of piperazine rings is 1. The van der Waals surface area contributed by atoms with Crippen LogP contribution in [0.4, 0.5) is 24.7 Å². The Balaban J connectivity index is 1.36. The fourth-order valence-electron chi connectivity index (χ4n) is 3.71. The second kappa shape index (κ2) is 10.00. The van der Waals surface area contributed by atoms with Crippen molar-refractivity contribution in [2.24, 2.45) is 0 Å². The van der Waals surface area contributed by atoms with Crippen LogP contribution in [-0.4, -0.2) is 60.2 Å². The van der Waals surface area contributed by atoms with Gasteiger partial charge in [-0.2, -0.15) is 13.2 Å². The first kappa shape index (κ1) is 24.0. The summed E-state index contributed by atoms with van der Waals surface area (Å²) in [6, 6.07) is 14.8. The number of methoxy groups -OCH3 is 1. The number of carbonyl (C=O) groups excluding carboxylic acids is 2. The van der Waals surface area contributed by atoms with Gasteiger partial charge >= 0.3 is 6.18 Å². The van der Waals surface area contributed by atoms with Gasteiger partial charge in [0.15, 0.2) is 11.5 Å². The highest BCUT2D eigenvalue weighted by Gasteiger charge is 2.36. The first-order valence-corrected chi connectivity index (χ1v) is 10.8. The average molecular weight is 485 g/mol. The second-order valence-corrected chi connectivity index (χ2v) is 7.78. The standard InChI is InChI=1S/C24H22F3N5O3/c1-35-17-8-6-16(7-9-17)28-22(33)20-10-11-21(30-29-20)31-12-14-32(15-13-31)23(34)18-4-2-3-5-19(18)24(25,26)27/h2-11H,12-15H2,1H3,(H,28,33). The monoisotopic (exact) mass is 485 g/mol. The number of anilines is 2. The zero-order chi connectivity index (χ0) is 25.0. The fourth-order valence-corrected chi connectivity index (χ4v) is 3.71. The van der Waals surface area contributed by atoms with Crippen LogP contribution >= 0.6 is 0 Å². The number of hydrogen-bond donors (Lipinski definition) is 1. The number of nitrogens with zero attached hydrogens (tertiary/aromatic N) is 4. The lowest BCUT2D eigenvalue weighted by Crippen LogP contribution is -2.49. The molecule has 1 aliphatic rings. The molecule has 11 heteroatoms. The Bertz CT molecular complexity index is 1190. The molecule has 8 nitrogen and oxygen atoms in total. The van der Waals surface area contributed by atoms with Crippen LogP contribution in [0.2, 0.25) is 0 Å². The maximum Gasteiger partial charge on any atom is 0.417 e. The minimum absolute atomic E-state index is 0.127. The smallest absolute Gasteiger partial charge is 0.417 e. The van der Waals surface area contributed by atoms with E-state index in [2.05, 4.69) is 15.5 Å². The molecule has 1 N–H and O–H groups in total. The Kier molecular flexibility index (Phi) is 6.85. The van der Waals surface area contributed by atoms with Crippen LogP contribution in [0.5, 0.6) is 5.75 Å². The van der Waals surface area contributed by atoms with Crippen molar-refractivity contribution in [1.29, 1.82) is 0 Å². The predicted molar refractivity (Wildman–Crippen MR) is 123 cm³/mol. The third kappa shape index (κ3) is 5.51. The van der Waals surface area contributed by atoms with E-state index >= 15 is 0 Å². The minimum atomic E-state index is -4.61. The second-order valence-electron chi connectivity index (χ2n) is 7.78. The summed E-state index contributed by atoms with van der Waals surface area (Å²) in [5.74, 6) is 0.0921. The van der Waals surface area contributed by atoms with Gasteiger partial charge in [-0.3, -0.25) is 9.59 Å². The van der Waals surface area contributed by atoms with Crippen LogP contribution in [0.25, 0.3) is 0 Å². The maximum atomic E-state index is 13.3. The molecule has 2 heterocycles. The molecule has 1 saturated heterocycles. The van der Waals surface area contributed by atoms with E-state index < -0.39 is 23.6 Å². The van der Waals surface area contributed by atoms with Gasteiger partial charge in [0.05, 0.1) is 18.2 Å². The minimum Gasteiger partial charge on any atom is -0.497 e. The Morgan fingerprint density at radius 3 is 2.20 bits per heavy atom. The van der Waals surface area contributed by atoms with Gasteiger partial charge in [-0.05, 0) is 48.5 Å². The summed E-state index contributed by atoms with van der Waals surface area (Å²) in [4.78, 5) is 28.4. The van der Waals surface area contributed by atoms with E-state index in [0.717, 1.165) is 6.07 Å². The quantitative estimate of drug-likeness (QED) is 0.593. The van der Waals surface area contributed by atoms with Crippen molar-refractivity contribution < 1.29 is 27.5 Å². The summed E-state index contributed by atoms with van der Waals surface area (Å²) >= 11 is 0. The molecule has 1 aliphatic heterocycles. The molecule has 2 aromatic carbocycles. The van der Waals surface area contributed by atoms with Crippen molar-refractivity contribution in [2.75, 3.05) is 43.5 Å². The topological polar surface area (TPSA) is 87.7 Å². The molecule has 3 aromatic rings. The average Bonchev–Trinajstić information content (AvgIpc) is 2.88. The molecule has 0 spiro atoms. The van der Waals surface area contributed by atoms with E-state index in [4.69, 9.17) is 4.74 Å². The lowest BCUT2D eigenvalue weighted by atomic mass is 10.1. The molecule has 0 saturated carbocycles. The number of amides is 2. The predicted octanol–water partition coefficient (Wildman–Crippen LogP) is 3.72. The van der Waals surface area contributed by atoms with Gasteiger partial charge in [0.25, 0.3) is 11.8 Å². The fraction of sp³-hybridized carbons (Fsp3) is 0.250. The SMILES string of the molecule is COc1ccc(NC(=O)c2ccc(N3CCN(C(=O)c4ccccc4C(F)(F)F)CC3)nn2)cc1. The number of rotatable bonds is 5. The number of hydrogen-bond acceptors (Lipinski definition) is 6. The molecule has 182 valence electrons. The first-order valence-electron chi connectivity index (χ1n) is 10.8. The Labute approximate surface area is 199 Å². The highest BCUT2D eigenvalue weighted by molar-refractivity contribution is 6.02. The van der Waals surface area contributed by atoms with E-state index in [1.165, 1.54) is 29.2 Å². The van der Waals surface area contributed by atoms with Crippen LogP contribution in [0, 0.1) is 0 Å². The van der Waals surface area contributed by atoms with Gasteiger partial charge in [0.2, 0.25) is 0 Å². The van der Waals surface area contributed by atoms with Crippen LogP contribution < -0.4 is 15.0 Å². The van der Waals surface area contributed by atoms with Gasteiger partial charge in [-0.1, -0.05) is 12.1 Å². The normalized spacial score (nSPS) is 13.9. The lowest BCUT2D eigenvalue weighted by Gasteiger charge is -2.35. The van der Waals surface area contributed by atoms with E-state index in [1.54, 1.807) is 37.4 Å². The van der Waals surface area contributed by atoms with Crippen molar-refractivity contribution in [3.8, 4) is 5.75 Å². The molecule has 1 fully saturated rings. The number of carbonyl (C=O) groups is 2. The molecule has 2 amide bonds. The van der Waals surface area contributed by atoms with Crippen LogP contribution in [0.15, 0.2) is 60.7 Å². The van der Waals surface area contributed by atoms with Gasteiger partial charge < -0.3 is 19.9 Å².